The number of halogens is 1. The molecule has 6 aromatic rings. The number of benzene rings is 4. The van der Waals surface area contributed by atoms with Gasteiger partial charge in [0.15, 0.2) is 5.76 Å². The van der Waals surface area contributed by atoms with Crippen molar-refractivity contribution >= 4 is 45.4 Å². The molecule has 0 aliphatic rings. The van der Waals surface area contributed by atoms with Gasteiger partial charge in [-0.3, -0.25) is 14.9 Å². The largest absolute Gasteiger partial charge is 0.488 e. The molecule has 0 unspecified atom stereocenters. The van der Waals surface area contributed by atoms with E-state index in [4.69, 9.17) is 25.7 Å². The van der Waals surface area contributed by atoms with Gasteiger partial charge in [-0.05, 0) is 66.2 Å². The zero-order chi connectivity index (χ0) is 27.6. The molecule has 10 heteroatoms. The van der Waals surface area contributed by atoms with Crippen molar-refractivity contribution in [1.29, 1.82) is 0 Å². The molecule has 0 aliphatic carbocycles. The van der Waals surface area contributed by atoms with Crippen molar-refractivity contribution in [3.63, 3.8) is 0 Å². The fourth-order valence-electron chi connectivity index (χ4n) is 4.23. The van der Waals surface area contributed by atoms with Crippen molar-refractivity contribution in [2.24, 2.45) is 5.10 Å². The number of aromatic nitrogens is 2. The molecule has 0 N–H and O–H groups in total. The Balaban J connectivity index is 1.38. The number of hydrogen-bond acceptors (Lipinski definition) is 7. The monoisotopic (exact) mass is 550 g/mol. The normalized spacial score (nSPS) is 11.4. The van der Waals surface area contributed by atoms with Crippen molar-refractivity contribution in [3.8, 4) is 17.3 Å². The zero-order valence-electron chi connectivity index (χ0n) is 20.7. The molecule has 2 heterocycles. The first kappa shape index (κ1) is 25.0. The lowest BCUT2D eigenvalue weighted by molar-refractivity contribution is -0.384. The van der Waals surface area contributed by atoms with Gasteiger partial charge in [0, 0.05) is 28.1 Å². The van der Waals surface area contributed by atoms with E-state index in [0.717, 1.165) is 10.9 Å². The van der Waals surface area contributed by atoms with Crippen LogP contribution in [0.3, 0.4) is 0 Å². The lowest BCUT2D eigenvalue weighted by Crippen LogP contribution is -2.20. The molecule has 0 saturated heterocycles. The molecule has 0 bridgehead atoms. The van der Waals surface area contributed by atoms with Gasteiger partial charge in [0.25, 0.3) is 11.2 Å². The Morgan fingerprint density at radius 1 is 1.00 bits per heavy atom. The van der Waals surface area contributed by atoms with Crippen molar-refractivity contribution in [3.05, 3.63) is 134 Å². The van der Waals surface area contributed by atoms with Crippen LogP contribution in [0.2, 0.25) is 5.02 Å². The van der Waals surface area contributed by atoms with Crippen LogP contribution in [0.5, 0.6) is 5.75 Å². The van der Waals surface area contributed by atoms with E-state index in [1.165, 1.54) is 23.0 Å². The number of nitro benzene ring substituents is 1. The predicted molar refractivity (Wildman–Crippen MR) is 153 cm³/mol. The van der Waals surface area contributed by atoms with Crippen LogP contribution in [0.25, 0.3) is 33.5 Å². The summed E-state index contributed by atoms with van der Waals surface area (Å²) in [4.78, 5) is 28.7. The maximum atomic E-state index is 13.6. The number of para-hydroxylation sites is 2. The summed E-state index contributed by atoms with van der Waals surface area (Å²) in [6, 6.07) is 27.4. The number of non-ortho nitro benzene ring substituents is 1. The number of nitro groups is 1. The summed E-state index contributed by atoms with van der Waals surface area (Å²) in [7, 11) is 0. The third kappa shape index (κ3) is 4.93. The lowest BCUT2D eigenvalue weighted by Gasteiger charge is -2.10. The Labute approximate surface area is 231 Å². The van der Waals surface area contributed by atoms with Crippen LogP contribution in [0.4, 0.5) is 5.69 Å². The van der Waals surface area contributed by atoms with Crippen LogP contribution in [-0.2, 0) is 6.61 Å². The fourth-order valence-corrected chi connectivity index (χ4v) is 4.41. The van der Waals surface area contributed by atoms with Crippen molar-refractivity contribution in [1.82, 2.24) is 9.66 Å². The Morgan fingerprint density at radius 3 is 2.60 bits per heavy atom. The van der Waals surface area contributed by atoms with Crippen LogP contribution in [0, 0.1) is 10.1 Å². The summed E-state index contributed by atoms with van der Waals surface area (Å²) in [6.45, 7) is 0.188. The Kier molecular flexibility index (Phi) is 6.55. The van der Waals surface area contributed by atoms with E-state index in [0.29, 0.717) is 38.6 Å². The highest BCUT2D eigenvalue weighted by molar-refractivity contribution is 6.31. The Hall–Kier alpha value is -5.28. The Bertz CT molecular complexity index is 1980. The SMILES string of the molecule is O=c1c2ccccc2nc(-c2cc3cc(Cl)ccc3o2)n1N=Cc1ccccc1OCc1ccc([N+](=O)[O-])cc1. The number of rotatable bonds is 7. The van der Waals surface area contributed by atoms with Gasteiger partial charge in [0.2, 0.25) is 5.82 Å². The van der Waals surface area contributed by atoms with E-state index in [1.54, 1.807) is 66.7 Å². The van der Waals surface area contributed by atoms with E-state index < -0.39 is 4.92 Å². The minimum Gasteiger partial charge on any atom is -0.488 e. The molecule has 6 rings (SSSR count). The second kappa shape index (κ2) is 10.5. The smallest absolute Gasteiger partial charge is 0.282 e. The van der Waals surface area contributed by atoms with Gasteiger partial charge in [-0.1, -0.05) is 35.9 Å². The minimum absolute atomic E-state index is 0.00840. The second-order valence-corrected chi connectivity index (χ2v) is 9.29. The highest BCUT2D eigenvalue weighted by atomic mass is 35.5. The van der Waals surface area contributed by atoms with Gasteiger partial charge < -0.3 is 9.15 Å². The summed E-state index contributed by atoms with van der Waals surface area (Å²) in [5, 5.41) is 17.2. The van der Waals surface area contributed by atoms with E-state index in [1.807, 2.05) is 18.2 Å². The third-order valence-electron chi connectivity index (χ3n) is 6.23. The first-order chi connectivity index (χ1) is 19.5. The maximum absolute atomic E-state index is 13.6. The van der Waals surface area contributed by atoms with Crippen LogP contribution in [-0.4, -0.2) is 20.8 Å². The van der Waals surface area contributed by atoms with Crippen molar-refractivity contribution in [2.75, 3.05) is 0 Å². The van der Waals surface area contributed by atoms with E-state index in [-0.39, 0.29) is 23.7 Å². The molecule has 40 heavy (non-hydrogen) atoms. The van der Waals surface area contributed by atoms with Crippen LogP contribution < -0.4 is 10.3 Å². The topological polar surface area (TPSA) is 113 Å². The fraction of sp³-hybridized carbons (Fsp3) is 0.0333. The molecule has 0 fully saturated rings. The number of furan rings is 1. The van der Waals surface area contributed by atoms with E-state index in [2.05, 4.69) is 5.10 Å². The molecule has 0 saturated carbocycles. The molecule has 0 radical (unpaired) electrons. The van der Waals surface area contributed by atoms with E-state index >= 15 is 0 Å². The first-order valence-corrected chi connectivity index (χ1v) is 12.5. The molecule has 0 spiro atoms. The highest BCUT2D eigenvalue weighted by Crippen LogP contribution is 2.29. The van der Waals surface area contributed by atoms with Crippen molar-refractivity contribution in [2.45, 2.75) is 6.61 Å². The van der Waals surface area contributed by atoms with E-state index in [9.17, 15) is 14.9 Å². The summed E-state index contributed by atoms with van der Waals surface area (Å²) in [5.41, 5.74) is 2.14. The molecular formula is C30H19ClN4O5. The summed E-state index contributed by atoms with van der Waals surface area (Å²) < 4.78 is 13.2. The summed E-state index contributed by atoms with van der Waals surface area (Å²) >= 11 is 6.15. The maximum Gasteiger partial charge on any atom is 0.282 e. The third-order valence-corrected chi connectivity index (χ3v) is 6.46. The number of hydrogen-bond donors (Lipinski definition) is 0. The predicted octanol–water partition coefficient (Wildman–Crippen LogP) is 6.83. The molecule has 2 aromatic heterocycles. The quantitative estimate of drug-likeness (QED) is 0.122. The number of ether oxygens (including phenoxy) is 1. The van der Waals surface area contributed by atoms with Gasteiger partial charge in [-0.25, -0.2) is 4.98 Å². The van der Waals surface area contributed by atoms with Crippen LogP contribution >= 0.6 is 11.6 Å². The van der Waals surface area contributed by atoms with Crippen LogP contribution in [0.15, 0.2) is 111 Å². The molecule has 196 valence electrons. The number of nitrogens with zero attached hydrogens (tertiary/aromatic N) is 4. The summed E-state index contributed by atoms with van der Waals surface area (Å²) in [5.74, 6) is 1.11. The average molecular weight is 551 g/mol. The standard InChI is InChI=1S/C30H19ClN4O5/c31-22-11-14-27-21(15-22)16-28(40-27)29-33-25-7-3-2-6-24(25)30(36)34(29)32-17-20-5-1-4-8-26(20)39-18-19-9-12-23(13-10-19)35(37)38/h1-17H,18H2. The zero-order valence-corrected chi connectivity index (χ0v) is 21.5. The highest BCUT2D eigenvalue weighted by Gasteiger charge is 2.17. The Morgan fingerprint density at radius 2 is 1.77 bits per heavy atom. The van der Waals surface area contributed by atoms with Crippen LogP contribution in [0.1, 0.15) is 11.1 Å². The van der Waals surface area contributed by atoms with Gasteiger partial charge in [0.05, 0.1) is 22.0 Å². The number of fused-ring (bicyclic) bond motifs is 2. The van der Waals surface area contributed by atoms with Gasteiger partial charge >= 0.3 is 0 Å². The van der Waals surface area contributed by atoms with Gasteiger partial charge in [-0.2, -0.15) is 9.78 Å². The average Bonchev–Trinajstić information content (AvgIpc) is 3.39. The minimum atomic E-state index is -0.450. The molecule has 0 atom stereocenters. The molecule has 9 nitrogen and oxygen atoms in total. The lowest BCUT2D eigenvalue weighted by atomic mass is 10.2. The second-order valence-electron chi connectivity index (χ2n) is 8.86. The molecular weight excluding hydrogens is 532 g/mol. The molecule has 0 aliphatic heterocycles. The van der Waals surface area contributed by atoms with Gasteiger partial charge in [0.1, 0.15) is 17.9 Å². The summed E-state index contributed by atoms with van der Waals surface area (Å²) in [6.07, 6.45) is 1.52. The molecule has 0 amide bonds. The molecule has 4 aromatic carbocycles. The van der Waals surface area contributed by atoms with Crippen molar-refractivity contribution < 1.29 is 14.1 Å². The van der Waals surface area contributed by atoms with Gasteiger partial charge in [-0.15, -0.1) is 0 Å². The first-order valence-electron chi connectivity index (χ1n) is 12.2.